The number of ketones is 1. The van der Waals surface area contributed by atoms with Crippen LogP contribution in [0.15, 0.2) is 23.3 Å². The molecule has 5 atom stereocenters. The van der Waals surface area contributed by atoms with E-state index in [1.807, 2.05) is 6.08 Å². The van der Waals surface area contributed by atoms with E-state index in [1.165, 1.54) is 18.4 Å². The van der Waals surface area contributed by atoms with Crippen molar-refractivity contribution in [2.24, 2.45) is 28.6 Å². The lowest BCUT2D eigenvalue weighted by atomic mass is 9.50. The van der Waals surface area contributed by atoms with Crippen LogP contribution in [0.4, 0.5) is 0 Å². The lowest BCUT2D eigenvalue weighted by molar-refractivity contribution is -0.115. The molecule has 22 heavy (non-hydrogen) atoms. The molecule has 0 bridgehead atoms. The molecule has 0 saturated heterocycles. The maximum absolute atomic E-state index is 11.8. The highest BCUT2D eigenvalue weighted by Crippen LogP contribution is 2.63. The molecule has 4 aliphatic rings. The molecule has 5 unspecified atom stereocenters. The van der Waals surface area contributed by atoms with Gasteiger partial charge in [0.2, 0.25) is 0 Å². The maximum atomic E-state index is 11.8. The first kappa shape index (κ1) is 14.4. The predicted octanol–water partition coefficient (Wildman–Crippen LogP) is 4.70. The van der Waals surface area contributed by atoms with Crippen LogP contribution in [0.5, 0.6) is 0 Å². The van der Waals surface area contributed by atoms with E-state index in [0.29, 0.717) is 30.0 Å². The summed E-state index contributed by atoms with van der Waals surface area (Å²) in [4.78, 5) is 11.8. The van der Waals surface area contributed by atoms with Crippen molar-refractivity contribution in [3.63, 3.8) is 0 Å². The Bertz CT molecular complexity index is 628. The first-order valence-electron chi connectivity index (χ1n) is 8.91. The Morgan fingerprint density at radius 1 is 1.18 bits per heavy atom. The van der Waals surface area contributed by atoms with E-state index < -0.39 is 0 Å². The molecule has 0 aliphatic heterocycles. The summed E-state index contributed by atoms with van der Waals surface area (Å²) in [5.41, 5.74) is 4.18. The lowest BCUT2D eigenvalue weighted by Crippen LogP contribution is -2.47. The summed E-state index contributed by atoms with van der Waals surface area (Å²) >= 11 is 0. The summed E-state index contributed by atoms with van der Waals surface area (Å²) in [6.45, 7) is 7.02. The number of allylic oxidation sites excluding steroid dienone is 4. The molecule has 2 saturated carbocycles. The van der Waals surface area contributed by atoms with Crippen molar-refractivity contribution in [3.8, 4) is 0 Å². The second kappa shape index (κ2) is 4.43. The van der Waals surface area contributed by atoms with Gasteiger partial charge in [-0.25, -0.2) is 0 Å². The topological polar surface area (TPSA) is 40.9 Å². The zero-order valence-corrected chi connectivity index (χ0v) is 14.0. The standard InChI is InChI=1S/C20H27NO/c1-12-10-17-15(16-6-7-18(21)20(12,16)3)5-4-13-11-14(22)8-9-19(13,17)2/h10-12,15-16,21H,4-9H2,1-3H3. The smallest absolute Gasteiger partial charge is 0.155 e. The third kappa shape index (κ3) is 1.62. The third-order valence-electron chi connectivity index (χ3n) is 7.66. The van der Waals surface area contributed by atoms with Crippen LogP contribution >= 0.6 is 0 Å². The van der Waals surface area contributed by atoms with Crippen molar-refractivity contribution in [2.75, 3.05) is 0 Å². The van der Waals surface area contributed by atoms with Gasteiger partial charge in [-0.05, 0) is 55.9 Å². The molecule has 1 N–H and O–H groups in total. The van der Waals surface area contributed by atoms with Gasteiger partial charge in [-0.1, -0.05) is 38.0 Å². The van der Waals surface area contributed by atoms with E-state index in [2.05, 4.69) is 26.8 Å². The minimum Gasteiger partial charge on any atom is -0.309 e. The fourth-order valence-corrected chi connectivity index (χ4v) is 6.01. The van der Waals surface area contributed by atoms with Crippen molar-refractivity contribution in [3.05, 3.63) is 23.3 Å². The molecule has 0 amide bonds. The fourth-order valence-electron chi connectivity index (χ4n) is 6.01. The van der Waals surface area contributed by atoms with Gasteiger partial charge in [-0.2, -0.15) is 0 Å². The highest BCUT2D eigenvalue weighted by Gasteiger charge is 2.56. The van der Waals surface area contributed by atoms with E-state index in [-0.39, 0.29) is 10.8 Å². The Morgan fingerprint density at radius 3 is 2.73 bits per heavy atom. The van der Waals surface area contributed by atoms with E-state index in [0.717, 1.165) is 25.0 Å². The number of carbonyl (C=O) groups excluding carboxylic acids is 1. The summed E-state index contributed by atoms with van der Waals surface area (Å²) in [6.07, 6.45) is 10.6. The zero-order valence-electron chi connectivity index (χ0n) is 14.0. The third-order valence-corrected chi connectivity index (χ3v) is 7.66. The van der Waals surface area contributed by atoms with Crippen LogP contribution in [-0.4, -0.2) is 11.5 Å². The Labute approximate surface area is 133 Å². The Kier molecular flexibility index (Phi) is 2.90. The normalized spacial score (nSPS) is 47.3. The Hall–Kier alpha value is -1.18. The van der Waals surface area contributed by atoms with Gasteiger partial charge in [-0.3, -0.25) is 4.79 Å². The predicted molar refractivity (Wildman–Crippen MR) is 89.0 cm³/mol. The molecule has 0 spiro atoms. The van der Waals surface area contributed by atoms with Gasteiger partial charge in [-0.15, -0.1) is 0 Å². The molecule has 2 nitrogen and oxygen atoms in total. The number of fused-ring (bicyclic) bond motifs is 5. The minimum absolute atomic E-state index is 0.0796. The van der Waals surface area contributed by atoms with E-state index in [9.17, 15) is 4.79 Å². The number of rotatable bonds is 0. The fraction of sp³-hybridized carbons (Fsp3) is 0.700. The molecule has 0 aromatic rings. The first-order chi connectivity index (χ1) is 10.4. The molecular weight excluding hydrogens is 270 g/mol. The number of hydrogen-bond donors (Lipinski definition) is 1. The maximum Gasteiger partial charge on any atom is 0.155 e. The molecule has 4 rings (SSSR count). The quantitative estimate of drug-likeness (QED) is 0.647. The molecule has 0 radical (unpaired) electrons. The first-order valence-corrected chi connectivity index (χ1v) is 8.91. The Morgan fingerprint density at radius 2 is 1.95 bits per heavy atom. The number of hydrogen-bond acceptors (Lipinski definition) is 2. The summed E-state index contributed by atoms with van der Waals surface area (Å²) < 4.78 is 0. The van der Waals surface area contributed by atoms with Crippen molar-refractivity contribution in [1.29, 1.82) is 5.41 Å². The largest absolute Gasteiger partial charge is 0.309 e. The number of carbonyl (C=O) groups is 1. The van der Waals surface area contributed by atoms with Crippen LogP contribution in [-0.2, 0) is 4.79 Å². The van der Waals surface area contributed by atoms with E-state index in [4.69, 9.17) is 5.41 Å². The SMILES string of the molecule is CC1C=C2C(CCC3=CC(=O)CCC32C)C2CCC(=N)C12C. The van der Waals surface area contributed by atoms with Crippen molar-refractivity contribution >= 4 is 11.5 Å². The van der Waals surface area contributed by atoms with Gasteiger partial charge in [0, 0.05) is 23.0 Å². The lowest BCUT2D eigenvalue weighted by Gasteiger charge is -2.54. The minimum atomic E-state index is 0.0796. The number of nitrogens with one attached hydrogen (secondary N) is 1. The van der Waals surface area contributed by atoms with Crippen molar-refractivity contribution in [2.45, 2.75) is 59.3 Å². The molecule has 0 aromatic heterocycles. The highest BCUT2D eigenvalue weighted by molar-refractivity contribution is 5.92. The van der Waals surface area contributed by atoms with Crippen LogP contribution in [0, 0.1) is 34.0 Å². The summed E-state index contributed by atoms with van der Waals surface area (Å²) in [6, 6.07) is 0. The molecule has 4 aliphatic carbocycles. The molecule has 118 valence electrons. The zero-order chi connectivity index (χ0) is 15.7. The van der Waals surface area contributed by atoms with Crippen LogP contribution in [0.1, 0.15) is 59.3 Å². The molecule has 0 aromatic carbocycles. The summed E-state index contributed by atoms with van der Waals surface area (Å²) in [5.74, 6) is 2.06. The molecule has 2 fully saturated rings. The monoisotopic (exact) mass is 297 g/mol. The van der Waals surface area contributed by atoms with Crippen molar-refractivity contribution in [1.82, 2.24) is 0 Å². The van der Waals surface area contributed by atoms with Gasteiger partial charge in [0.25, 0.3) is 0 Å². The van der Waals surface area contributed by atoms with Gasteiger partial charge in [0.05, 0.1) is 0 Å². The second-order valence-corrected chi connectivity index (χ2v) is 8.43. The van der Waals surface area contributed by atoms with Crippen LogP contribution in [0.25, 0.3) is 0 Å². The molecular formula is C20H27NO. The molecule has 0 heterocycles. The van der Waals surface area contributed by atoms with Crippen LogP contribution in [0.2, 0.25) is 0 Å². The second-order valence-electron chi connectivity index (χ2n) is 8.43. The average molecular weight is 297 g/mol. The van der Waals surface area contributed by atoms with E-state index >= 15 is 0 Å². The van der Waals surface area contributed by atoms with Crippen molar-refractivity contribution < 1.29 is 4.79 Å². The van der Waals surface area contributed by atoms with Gasteiger partial charge >= 0.3 is 0 Å². The summed E-state index contributed by atoms with van der Waals surface area (Å²) in [5, 5.41) is 8.48. The summed E-state index contributed by atoms with van der Waals surface area (Å²) in [7, 11) is 0. The van der Waals surface area contributed by atoms with Gasteiger partial charge in [0.1, 0.15) is 0 Å². The highest BCUT2D eigenvalue weighted by atomic mass is 16.1. The van der Waals surface area contributed by atoms with Crippen LogP contribution in [0.3, 0.4) is 0 Å². The van der Waals surface area contributed by atoms with Crippen LogP contribution < -0.4 is 0 Å². The van der Waals surface area contributed by atoms with Gasteiger partial charge < -0.3 is 5.41 Å². The Balaban J connectivity index is 1.83. The average Bonchev–Trinajstić information content (AvgIpc) is 2.79. The molecule has 2 heteroatoms. The van der Waals surface area contributed by atoms with E-state index in [1.54, 1.807) is 5.57 Å². The van der Waals surface area contributed by atoms with Gasteiger partial charge in [0.15, 0.2) is 5.78 Å².